The molecular formula is C14H28N2O. The molecule has 0 aromatic carbocycles. The van der Waals surface area contributed by atoms with E-state index < -0.39 is 0 Å². The van der Waals surface area contributed by atoms with Gasteiger partial charge in [0.25, 0.3) is 0 Å². The quantitative estimate of drug-likeness (QED) is 0.808. The molecule has 0 spiro atoms. The Morgan fingerprint density at radius 3 is 2.29 bits per heavy atom. The van der Waals surface area contributed by atoms with Crippen LogP contribution in [-0.2, 0) is 0 Å². The summed E-state index contributed by atoms with van der Waals surface area (Å²) in [5.41, 5.74) is 0.398. The van der Waals surface area contributed by atoms with Crippen molar-refractivity contribution < 1.29 is 5.11 Å². The molecular weight excluding hydrogens is 212 g/mol. The van der Waals surface area contributed by atoms with E-state index in [1.807, 2.05) is 0 Å². The van der Waals surface area contributed by atoms with Crippen LogP contribution in [-0.4, -0.2) is 59.8 Å². The first-order valence-corrected chi connectivity index (χ1v) is 7.10. The van der Waals surface area contributed by atoms with Crippen LogP contribution in [0.3, 0.4) is 0 Å². The van der Waals surface area contributed by atoms with Crippen LogP contribution < -0.4 is 0 Å². The highest BCUT2D eigenvalue weighted by molar-refractivity contribution is 4.91. The molecule has 0 amide bonds. The molecule has 3 aliphatic rings. The zero-order valence-electron chi connectivity index (χ0n) is 11.7. The fourth-order valence-electron chi connectivity index (χ4n) is 3.06. The van der Waals surface area contributed by atoms with Gasteiger partial charge in [-0.15, -0.1) is 0 Å². The van der Waals surface area contributed by atoms with Crippen LogP contribution in [0.25, 0.3) is 0 Å². The average Bonchev–Trinajstić information content (AvgIpc) is 2.28. The second kappa shape index (κ2) is 5.25. The first-order valence-electron chi connectivity index (χ1n) is 7.10. The smallest absolute Gasteiger partial charge is 0.0707 e. The molecule has 3 fully saturated rings. The van der Waals surface area contributed by atoms with Crippen LogP contribution in [0.15, 0.2) is 0 Å². The summed E-state index contributed by atoms with van der Waals surface area (Å²) in [6.07, 6.45) is 3.20. The van der Waals surface area contributed by atoms with Crippen molar-refractivity contribution in [3.63, 3.8) is 0 Å². The van der Waals surface area contributed by atoms with E-state index >= 15 is 0 Å². The molecule has 2 unspecified atom stereocenters. The Morgan fingerprint density at radius 1 is 1.18 bits per heavy atom. The molecule has 3 nitrogen and oxygen atoms in total. The Labute approximate surface area is 106 Å². The van der Waals surface area contributed by atoms with Crippen LogP contribution in [0.4, 0.5) is 0 Å². The van der Waals surface area contributed by atoms with E-state index in [0.29, 0.717) is 11.5 Å². The summed E-state index contributed by atoms with van der Waals surface area (Å²) in [6, 6.07) is 0.400. The summed E-state index contributed by atoms with van der Waals surface area (Å²) in [5, 5.41) is 10.3. The second-order valence-corrected chi connectivity index (χ2v) is 6.92. The molecule has 0 aliphatic carbocycles. The largest absolute Gasteiger partial charge is 0.391 e. The van der Waals surface area contributed by atoms with Crippen molar-refractivity contribution >= 4 is 0 Å². The maximum absolute atomic E-state index is 10.3. The van der Waals surface area contributed by atoms with Crippen molar-refractivity contribution in [1.29, 1.82) is 0 Å². The SMILES string of the molecule is CC(C)(C)CCCC(O)C1CN2CCN1CC2. The van der Waals surface area contributed by atoms with Crippen molar-refractivity contribution in [2.75, 3.05) is 32.7 Å². The highest BCUT2D eigenvalue weighted by Gasteiger charge is 2.35. The molecule has 1 N–H and O–H groups in total. The molecule has 3 rings (SSSR count). The van der Waals surface area contributed by atoms with Crippen molar-refractivity contribution in [2.45, 2.75) is 52.2 Å². The third-order valence-electron chi connectivity index (χ3n) is 4.19. The van der Waals surface area contributed by atoms with Crippen molar-refractivity contribution in [3.05, 3.63) is 0 Å². The number of piperazine rings is 3. The molecule has 3 saturated heterocycles. The number of fused-ring (bicyclic) bond motifs is 3. The first kappa shape index (κ1) is 13.3. The zero-order valence-corrected chi connectivity index (χ0v) is 11.7. The monoisotopic (exact) mass is 240 g/mol. The van der Waals surface area contributed by atoms with Gasteiger partial charge in [-0.25, -0.2) is 0 Å². The lowest BCUT2D eigenvalue weighted by atomic mass is 9.88. The van der Waals surface area contributed by atoms with Gasteiger partial charge in [0.1, 0.15) is 0 Å². The predicted molar refractivity (Wildman–Crippen MR) is 71.1 cm³/mol. The standard InChI is InChI=1S/C14H28N2O/c1-14(2,3)6-4-5-13(17)12-11-15-7-9-16(12)10-8-15/h12-13,17H,4-11H2,1-3H3. The molecule has 0 aromatic rings. The van der Waals surface area contributed by atoms with Gasteiger partial charge in [0.2, 0.25) is 0 Å². The fraction of sp³-hybridized carbons (Fsp3) is 1.00. The van der Waals surface area contributed by atoms with Crippen molar-refractivity contribution in [3.8, 4) is 0 Å². The van der Waals surface area contributed by atoms with Gasteiger partial charge in [-0.2, -0.15) is 0 Å². The van der Waals surface area contributed by atoms with E-state index in [1.54, 1.807) is 0 Å². The highest BCUT2D eigenvalue weighted by Crippen LogP contribution is 2.25. The molecule has 2 atom stereocenters. The van der Waals surface area contributed by atoms with E-state index in [9.17, 15) is 5.11 Å². The molecule has 3 heteroatoms. The van der Waals surface area contributed by atoms with E-state index in [4.69, 9.17) is 0 Å². The highest BCUT2D eigenvalue weighted by atomic mass is 16.3. The summed E-state index contributed by atoms with van der Waals surface area (Å²) in [5.74, 6) is 0. The van der Waals surface area contributed by atoms with Gasteiger partial charge in [0, 0.05) is 38.8 Å². The van der Waals surface area contributed by atoms with Crippen LogP contribution in [0.2, 0.25) is 0 Å². The summed E-state index contributed by atoms with van der Waals surface area (Å²) in [6.45, 7) is 12.6. The molecule has 3 aliphatic heterocycles. The molecule has 0 radical (unpaired) electrons. The molecule has 2 bridgehead atoms. The van der Waals surface area contributed by atoms with Crippen LogP contribution >= 0.6 is 0 Å². The number of aliphatic hydroxyl groups excluding tert-OH is 1. The minimum absolute atomic E-state index is 0.125. The fourth-order valence-corrected chi connectivity index (χ4v) is 3.06. The van der Waals surface area contributed by atoms with Crippen LogP contribution in [0.5, 0.6) is 0 Å². The van der Waals surface area contributed by atoms with Crippen molar-refractivity contribution in [1.82, 2.24) is 9.80 Å². The summed E-state index contributed by atoms with van der Waals surface area (Å²) >= 11 is 0. The van der Waals surface area contributed by atoms with E-state index in [1.165, 1.54) is 19.5 Å². The lowest BCUT2D eigenvalue weighted by Gasteiger charge is -2.49. The van der Waals surface area contributed by atoms with Gasteiger partial charge in [0.05, 0.1) is 6.10 Å². The zero-order chi connectivity index (χ0) is 12.5. The molecule has 0 saturated carbocycles. The van der Waals surface area contributed by atoms with Gasteiger partial charge >= 0.3 is 0 Å². The maximum Gasteiger partial charge on any atom is 0.0707 e. The minimum Gasteiger partial charge on any atom is -0.391 e. The second-order valence-electron chi connectivity index (χ2n) is 6.92. The van der Waals surface area contributed by atoms with Gasteiger partial charge in [-0.3, -0.25) is 9.80 Å². The van der Waals surface area contributed by atoms with Crippen molar-refractivity contribution in [2.24, 2.45) is 5.41 Å². The lowest BCUT2D eigenvalue weighted by molar-refractivity contribution is -0.0490. The Balaban J connectivity index is 1.74. The van der Waals surface area contributed by atoms with Gasteiger partial charge in [0.15, 0.2) is 0 Å². The maximum atomic E-state index is 10.3. The average molecular weight is 240 g/mol. The molecule has 100 valence electrons. The van der Waals surface area contributed by atoms with Crippen LogP contribution in [0.1, 0.15) is 40.0 Å². The predicted octanol–water partition coefficient (Wildman–Crippen LogP) is 1.56. The third-order valence-corrected chi connectivity index (χ3v) is 4.19. The molecule has 0 aromatic heterocycles. The number of nitrogens with zero attached hydrogens (tertiary/aromatic N) is 2. The number of hydrogen-bond acceptors (Lipinski definition) is 3. The Hall–Kier alpha value is -0.120. The topological polar surface area (TPSA) is 26.7 Å². The Morgan fingerprint density at radius 2 is 1.82 bits per heavy atom. The minimum atomic E-state index is -0.125. The normalized spacial score (nSPS) is 34.9. The van der Waals surface area contributed by atoms with Crippen LogP contribution in [0, 0.1) is 5.41 Å². The number of aliphatic hydroxyl groups is 1. The lowest BCUT2D eigenvalue weighted by Crippen LogP contribution is -2.64. The first-order chi connectivity index (χ1) is 7.96. The molecule has 3 heterocycles. The number of hydrogen-bond donors (Lipinski definition) is 1. The number of rotatable bonds is 4. The third kappa shape index (κ3) is 3.67. The van der Waals surface area contributed by atoms with E-state index in [-0.39, 0.29) is 6.10 Å². The van der Waals surface area contributed by atoms with Gasteiger partial charge in [-0.05, 0) is 18.3 Å². The van der Waals surface area contributed by atoms with Gasteiger partial charge < -0.3 is 5.11 Å². The Bertz CT molecular complexity index is 241. The molecule has 17 heavy (non-hydrogen) atoms. The van der Waals surface area contributed by atoms with Gasteiger partial charge in [-0.1, -0.05) is 27.2 Å². The summed E-state index contributed by atoms with van der Waals surface area (Å²) in [4.78, 5) is 4.99. The summed E-state index contributed by atoms with van der Waals surface area (Å²) in [7, 11) is 0. The Kier molecular flexibility index (Phi) is 4.11. The summed E-state index contributed by atoms with van der Waals surface area (Å²) < 4.78 is 0. The van der Waals surface area contributed by atoms with E-state index in [2.05, 4.69) is 30.6 Å². The van der Waals surface area contributed by atoms with E-state index in [0.717, 1.165) is 32.5 Å².